The molecule has 0 aliphatic carbocycles. The van der Waals surface area contributed by atoms with Crippen LogP contribution < -0.4 is 15.8 Å². The molecule has 0 aliphatic rings. The highest BCUT2D eigenvalue weighted by molar-refractivity contribution is 6.30. The average molecular weight is 328 g/mol. The average Bonchev–Trinajstić information content (AvgIpc) is 2.56. The fraction of sp³-hybridized carbons (Fsp3) is 0.167. The standard InChI is InChI=1S/C18H18ClN3O/c1-23-14-6-7-16-15(10-14)17(11-18(19)22-16)21-9-8-12-2-4-13(20)5-3-12/h2-7,10-11H,8-9,20H2,1H3,(H,21,22). The van der Waals surface area contributed by atoms with E-state index in [4.69, 9.17) is 22.1 Å². The van der Waals surface area contributed by atoms with Gasteiger partial charge in [-0.3, -0.25) is 0 Å². The summed E-state index contributed by atoms with van der Waals surface area (Å²) in [5.41, 5.74) is 9.51. The maximum absolute atomic E-state index is 6.11. The zero-order valence-electron chi connectivity index (χ0n) is 12.8. The fourth-order valence-corrected chi connectivity index (χ4v) is 2.67. The highest BCUT2D eigenvalue weighted by Gasteiger charge is 2.06. The van der Waals surface area contributed by atoms with Gasteiger partial charge in [-0.15, -0.1) is 0 Å². The summed E-state index contributed by atoms with van der Waals surface area (Å²) in [4.78, 5) is 4.34. The maximum atomic E-state index is 6.11. The molecule has 0 bridgehead atoms. The summed E-state index contributed by atoms with van der Waals surface area (Å²) < 4.78 is 5.29. The number of nitrogens with zero attached hydrogens (tertiary/aromatic N) is 1. The molecule has 0 saturated carbocycles. The van der Waals surface area contributed by atoms with E-state index in [1.807, 2.05) is 48.5 Å². The third kappa shape index (κ3) is 3.66. The van der Waals surface area contributed by atoms with Crippen molar-refractivity contribution in [1.29, 1.82) is 0 Å². The number of anilines is 2. The monoisotopic (exact) mass is 327 g/mol. The molecule has 0 atom stereocenters. The minimum Gasteiger partial charge on any atom is -0.497 e. The molecule has 0 spiro atoms. The van der Waals surface area contributed by atoms with Crippen molar-refractivity contribution in [2.24, 2.45) is 0 Å². The molecule has 0 aliphatic heterocycles. The summed E-state index contributed by atoms with van der Waals surface area (Å²) in [5, 5.41) is 4.89. The van der Waals surface area contributed by atoms with Crippen LogP contribution in [0.15, 0.2) is 48.5 Å². The minimum atomic E-state index is 0.470. The van der Waals surface area contributed by atoms with Gasteiger partial charge in [0, 0.05) is 23.3 Å². The first-order chi connectivity index (χ1) is 11.2. The van der Waals surface area contributed by atoms with Gasteiger partial charge in [-0.1, -0.05) is 23.7 Å². The van der Waals surface area contributed by atoms with Crippen LogP contribution in [-0.4, -0.2) is 18.6 Å². The number of pyridine rings is 1. The van der Waals surface area contributed by atoms with Crippen molar-refractivity contribution in [2.75, 3.05) is 24.7 Å². The first kappa shape index (κ1) is 15.4. The summed E-state index contributed by atoms with van der Waals surface area (Å²) in [7, 11) is 1.65. The van der Waals surface area contributed by atoms with E-state index < -0.39 is 0 Å². The Hall–Kier alpha value is -2.46. The number of rotatable bonds is 5. The number of nitrogens with two attached hydrogens (primary N) is 1. The van der Waals surface area contributed by atoms with E-state index in [0.717, 1.165) is 41.0 Å². The Morgan fingerprint density at radius 1 is 1.13 bits per heavy atom. The van der Waals surface area contributed by atoms with Crippen LogP contribution in [0, 0.1) is 0 Å². The highest BCUT2D eigenvalue weighted by Crippen LogP contribution is 2.28. The van der Waals surface area contributed by atoms with Crippen molar-refractivity contribution in [3.8, 4) is 5.75 Å². The topological polar surface area (TPSA) is 60.2 Å². The number of nitrogens with one attached hydrogen (secondary N) is 1. The number of ether oxygens (including phenoxy) is 1. The van der Waals surface area contributed by atoms with Gasteiger partial charge in [0.2, 0.25) is 0 Å². The molecule has 1 aromatic heterocycles. The van der Waals surface area contributed by atoms with Crippen LogP contribution in [0.5, 0.6) is 5.75 Å². The van der Waals surface area contributed by atoms with Gasteiger partial charge < -0.3 is 15.8 Å². The van der Waals surface area contributed by atoms with Crippen molar-refractivity contribution in [3.63, 3.8) is 0 Å². The number of nitrogen functional groups attached to an aromatic ring is 1. The van der Waals surface area contributed by atoms with E-state index in [1.54, 1.807) is 7.11 Å². The van der Waals surface area contributed by atoms with Crippen molar-refractivity contribution < 1.29 is 4.74 Å². The normalized spacial score (nSPS) is 10.7. The minimum absolute atomic E-state index is 0.470. The van der Waals surface area contributed by atoms with Crippen molar-refractivity contribution in [3.05, 3.63) is 59.2 Å². The number of aromatic nitrogens is 1. The van der Waals surface area contributed by atoms with Crippen molar-refractivity contribution in [2.45, 2.75) is 6.42 Å². The Kier molecular flexibility index (Phi) is 4.53. The molecule has 23 heavy (non-hydrogen) atoms. The quantitative estimate of drug-likeness (QED) is 0.546. The molecular weight excluding hydrogens is 310 g/mol. The number of halogens is 1. The van der Waals surface area contributed by atoms with E-state index in [9.17, 15) is 0 Å². The first-order valence-electron chi connectivity index (χ1n) is 7.38. The van der Waals surface area contributed by atoms with Crippen LogP contribution in [0.4, 0.5) is 11.4 Å². The van der Waals surface area contributed by atoms with E-state index >= 15 is 0 Å². The predicted octanol–water partition coefficient (Wildman–Crippen LogP) is 4.13. The molecule has 3 rings (SSSR count). The first-order valence-corrected chi connectivity index (χ1v) is 7.76. The summed E-state index contributed by atoms with van der Waals surface area (Å²) in [6.45, 7) is 0.788. The van der Waals surface area contributed by atoms with E-state index in [0.29, 0.717) is 5.15 Å². The molecule has 4 nitrogen and oxygen atoms in total. The predicted molar refractivity (Wildman–Crippen MR) is 96.4 cm³/mol. The molecule has 3 N–H and O–H groups in total. The number of benzene rings is 2. The second kappa shape index (κ2) is 6.75. The molecule has 0 unspecified atom stereocenters. The summed E-state index contributed by atoms with van der Waals surface area (Å²) in [6, 6.07) is 15.5. The third-order valence-corrected chi connectivity index (χ3v) is 3.89. The molecule has 3 aromatic rings. The SMILES string of the molecule is COc1ccc2nc(Cl)cc(NCCc3ccc(N)cc3)c2c1. The summed E-state index contributed by atoms with van der Waals surface area (Å²) in [6.07, 6.45) is 0.895. The summed E-state index contributed by atoms with van der Waals surface area (Å²) >= 11 is 6.11. The Bertz CT molecular complexity index is 818. The van der Waals surface area contributed by atoms with Gasteiger partial charge in [-0.25, -0.2) is 4.98 Å². The van der Waals surface area contributed by atoms with E-state index in [2.05, 4.69) is 10.3 Å². The Morgan fingerprint density at radius 2 is 1.91 bits per heavy atom. The molecule has 2 aromatic carbocycles. The summed E-state index contributed by atoms with van der Waals surface area (Å²) in [5.74, 6) is 0.795. The smallest absolute Gasteiger partial charge is 0.131 e. The molecule has 0 saturated heterocycles. The van der Waals surface area contributed by atoms with Gasteiger partial charge in [0.15, 0.2) is 0 Å². The number of hydrogen-bond donors (Lipinski definition) is 2. The van der Waals surface area contributed by atoms with Crippen LogP contribution in [0.1, 0.15) is 5.56 Å². The lowest BCUT2D eigenvalue weighted by atomic mass is 10.1. The second-order valence-corrected chi connectivity index (χ2v) is 5.68. The molecular formula is C18H18ClN3O. The Labute approximate surface area is 140 Å². The van der Waals surface area contributed by atoms with Crippen LogP contribution >= 0.6 is 11.6 Å². The molecule has 0 fully saturated rings. The highest BCUT2D eigenvalue weighted by atomic mass is 35.5. The van der Waals surface area contributed by atoms with Crippen molar-refractivity contribution in [1.82, 2.24) is 4.98 Å². The number of methoxy groups -OCH3 is 1. The molecule has 5 heteroatoms. The van der Waals surface area contributed by atoms with E-state index in [-0.39, 0.29) is 0 Å². The van der Waals surface area contributed by atoms with Gasteiger partial charge in [0.1, 0.15) is 10.9 Å². The molecule has 1 heterocycles. The van der Waals surface area contributed by atoms with Crippen molar-refractivity contribution >= 4 is 33.9 Å². The lowest BCUT2D eigenvalue weighted by Gasteiger charge is -2.11. The molecule has 0 radical (unpaired) electrons. The lowest BCUT2D eigenvalue weighted by molar-refractivity contribution is 0.415. The Balaban J connectivity index is 1.79. The van der Waals surface area contributed by atoms with Gasteiger partial charge in [-0.05, 0) is 48.4 Å². The zero-order chi connectivity index (χ0) is 16.2. The van der Waals surface area contributed by atoms with Crippen LogP contribution in [0.25, 0.3) is 10.9 Å². The zero-order valence-corrected chi connectivity index (χ0v) is 13.6. The van der Waals surface area contributed by atoms with Crippen LogP contribution in [0.3, 0.4) is 0 Å². The third-order valence-electron chi connectivity index (χ3n) is 3.69. The lowest BCUT2D eigenvalue weighted by Crippen LogP contribution is -2.06. The number of fused-ring (bicyclic) bond motifs is 1. The largest absolute Gasteiger partial charge is 0.497 e. The van der Waals surface area contributed by atoms with Crippen LogP contribution in [0.2, 0.25) is 5.15 Å². The maximum Gasteiger partial charge on any atom is 0.131 e. The second-order valence-electron chi connectivity index (χ2n) is 5.29. The Morgan fingerprint density at radius 3 is 2.65 bits per heavy atom. The van der Waals surface area contributed by atoms with Crippen LogP contribution in [-0.2, 0) is 6.42 Å². The van der Waals surface area contributed by atoms with Gasteiger partial charge >= 0.3 is 0 Å². The van der Waals surface area contributed by atoms with E-state index in [1.165, 1.54) is 5.56 Å². The van der Waals surface area contributed by atoms with Gasteiger partial charge in [0.25, 0.3) is 0 Å². The molecule has 118 valence electrons. The fourth-order valence-electron chi connectivity index (χ4n) is 2.47. The molecule has 0 amide bonds. The van der Waals surface area contributed by atoms with Gasteiger partial charge in [0.05, 0.1) is 12.6 Å². The number of hydrogen-bond acceptors (Lipinski definition) is 4. The van der Waals surface area contributed by atoms with Gasteiger partial charge in [-0.2, -0.15) is 0 Å².